The SMILES string of the molecule is Cc1ccc(C(O)C2CC2c2ccccc2)nc1. The first-order valence-electron chi connectivity index (χ1n) is 6.41. The molecule has 3 rings (SSSR count). The van der Waals surface area contributed by atoms with Crippen molar-refractivity contribution in [1.29, 1.82) is 0 Å². The fourth-order valence-corrected chi connectivity index (χ4v) is 2.52. The summed E-state index contributed by atoms with van der Waals surface area (Å²) in [7, 11) is 0. The number of aliphatic hydroxyl groups is 1. The molecule has 3 unspecified atom stereocenters. The number of aromatic nitrogens is 1. The van der Waals surface area contributed by atoms with Gasteiger partial charge in [-0.2, -0.15) is 0 Å². The van der Waals surface area contributed by atoms with E-state index >= 15 is 0 Å². The lowest BCUT2D eigenvalue weighted by Crippen LogP contribution is -2.03. The van der Waals surface area contributed by atoms with Crippen LogP contribution in [0.4, 0.5) is 0 Å². The molecule has 92 valence electrons. The molecule has 0 bridgehead atoms. The fourth-order valence-electron chi connectivity index (χ4n) is 2.52. The maximum absolute atomic E-state index is 10.3. The summed E-state index contributed by atoms with van der Waals surface area (Å²) in [5.74, 6) is 0.812. The third-order valence-electron chi connectivity index (χ3n) is 3.71. The van der Waals surface area contributed by atoms with Gasteiger partial charge in [-0.1, -0.05) is 36.4 Å². The molecule has 1 fully saturated rings. The summed E-state index contributed by atoms with van der Waals surface area (Å²) >= 11 is 0. The Kier molecular flexibility index (Phi) is 2.88. The molecule has 1 aromatic carbocycles. The highest BCUT2D eigenvalue weighted by Gasteiger charge is 2.44. The van der Waals surface area contributed by atoms with Gasteiger partial charge in [0.05, 0.1) is 11.8 Å². The summed E-state index contributed by atoms with van der Waals surface area (Å²) in [6.45, 7) is 2.01. The minimum absolute atomic E-state index is 0.322. The zero-order valence-electron chi connectivity index (χ0n) is 10.5. The second-order valence-electron chi connectivity index (χ2n) is 5.12. The molecule has 1 aliphatic carbocycles. The third kappa shape index (κ3) is 2.16. The highest BCUT2D eigenvalue weighted by molar-refractivity contribution is 5.28. The van der Waals surface area contributed by atoms with Crippen molar-refractivity contribution in [2.45, 2.75) is 25.4 Å². The zero-order valence-corrected chi connectivity index (χ0v) is 10.5. The zero-order chi connectivity index (χ0) is 12.5. The Bertz CT molecular complexity index is 521. The summed E-state index contributed by atoms with van der Waals surface area (Å²) in [6.07, 6.45) is 2.44. The third-order valence-corrected chi connectivity index (χ3v) is 3.71. The van der Waals surface area contributed by atoms with Crippen LogP contribution in [-0.2, 0) is 0 Å². The van der Waals surface area contributed by atoms with Gasteiger partial charge in [-0.15, -0.1) is 0 Å². The molecular weight excluding hydrogens is 222 g/mol. The van der Waals surface area contributed by atoms with Crippen LogP contribution in [0.5, 0.6) is 0 Å². The van der Waals surface area contributed by atoms with Gasteiger partial charge in [0.25, 0.3) is 0 Å². The van der Waals surface area contributed by atoms with Crippen LogP contribution in [0.15, 0.2) is 48.7 Å². The standard InChI is InChI=1S/C16H17NO/c1-11-7-8-15(17-10-11)16(18)14-9-13(14)12-5-3-2-4-6-12/h2-8,10,13-14,16,18H,9H2,1H3. The number of pyridine rings is 1. The van der Waals surface area contributed by atoms with Gasteiger partial charge in [0.2, 0.25) is 0 Å². The topological polar surface area (TPSA) is 33.1 Å². The van der Waals surface area contributed by atoms with Gasteiger partial charge >= 0.3 is 0 Å². The molecule has 1 saturated carbocycles. The number of aryl methyl sites for hydroxylation is 1. The number of hydrogen-bond acceptors (Lipinski definition) is 2. The first-order chi connectivity index (χ1) is 8.75. The maximum atomic E-state index is 10.3. The average molecular weight is 239 g/mol. The van der Waals surface area contributed by atoms with Crippen LogP contribution in [0.2, 0.25) is 0 Å². The molecule has 2 aromatic rings. The van der Waals surface area contributed by atoms with Gasteiger partial charge in [0, 0.05) is 6.20 Å². The molecule has 1 aromatic heterocycles. The van der Waals surface area contributed by atoms with Crippen LogP contribution in [0.25, 0.3) is 0 Å². The van der Waals surface area contributed by atoms with E-state index in [-0.39, 0.29) is 0 Å². The summed E-state index contributed by atoms with van der Waals surface area (Å²) in [4.78, 5) is 4.32. The Morgan fingerprint density at radius 1 is 1.17 bits per heavy atom. The molecule has 2 nitrogen and oxygen atoms in total. The lowest BCUT2D eigenvalue weighted by molar-refractivity contribution is 0.146. The predicted octanol–water partition coefficient (Wildman–Crippen LogP) is 3.23. The van der Waals surface area contributed by atoms with E-state index < -0.39 is 6.10 Å². The maximum Gasteiger partial charge on any atom is 0.0993 e. The van der Waals surface area contributed by atoms with E-state index in [0.717, 1.165) is 17.7 Å². The van der Waals surface area contributed by atoms with E-state index in [9.17, 15) is 5.11 Å². The van der Waals surface area contributed by atoms with E-state index in [1.165, 1.54) is 5.56 Å². The number of benzene rings is 1. The van der Waals surface area contributed by atoms with Crippen LogP contribution in [0.3, 0.4) is 0 Å². The van der Waals surface area contributed by atoms with Gasteiger partial charge in [-0.3, -0.25) is 4.98 Å². The normalized spacial score (nSPS) is 23.7. The van der Waals surface area contributed by atoms with Gasteiger partial charge < -0.3 is 5.11 Å². The highest BCUT2D eigenvalue weighted by Crippen LogP contribution is 2.53. The molecule has 1 N–H and O–H groups in total. The molecule has 2 heteroatoms. The molecular formula is C16H17NO. The second-order valence-corrected chi connectivity index (χ2v) is 5.12. The Labute approximate surface area is 107 Å². The highest BCUT2D eigenvalue weighted by atomic mass is 16.3. The molecule has 18 heavy (non-hydrogen) atoms. The lowest BCUT2D eigenvalue weighted by atomic mass is 10.0. The summed E-state index contributed by atoms with van der Waals surface area (Å²) in [6, 6.07) is 14.4. The summed E-state index contributed by atoms with van der Waals surface area (Å²) in [5, 5.41) is 10.3. The number of rotatable bonds is 3. The van der Waals surface area contributed by atoms with E-state index in [1.807, 2.05) is 31.3 Å². The molecule has 0 amide bonds. The van der Waals surface area contributed by atoms with Gasteiger partial charge in [-0.25, -0.2) is 0 Å². The molecule has 3 atom stereocenters. The monoisotopic (exact) mass is 239 g/mol. The van der Waals surface area contributed by atoms with Crippen LogP contribution in [0.1, 0.15) is 35.3 Å². The Hall–Kier alpha value is -1.67. The fraction of sp³-hybridized carbons (Fsp3) is 0.312. The first-order valence-corrected chi connectivity index (χ1v) is 6.41. The molecule has 0 saturated heterocycles. The van der Waals surface area contributed by atoms with Crippen LogP contribution >= 0.6 is 0 Å². The van der Waals surface area contributed by atoms with Gasteiger partial charge in [0.15, 0.2) is 0 Å². The Balaban J connectivity index is 1.73. The van der Waals surface area contributed by atoms with Crippen LogP contribution < -0.4 is 0 Å². The van der Waals surface area contributed by atoms with Crippen molar-refractivity contribution in [1.82, 2.24) is 4.98 Å². The largest absolute Gasteiger partial charge is 0.386 e. The second kappa shape index (κ2) is 4.54. The van der Waals surface area contributed by atoms with Crippen molar-refractivity contribution >= 4 is 0 Å². The van der Waals surface area contributed by atoms with E-state index in [4.69, 9.17) is 0 Å². The van der Waals surface area contributed by atoms with Crippen molar-refractivity contribution in [3.8, 4) is 0 Å². The van der Waals surface area contributed by atoms with Crippen molar-refractivity contribution in [2.75, 3.05) is 0 Å². The molecule has 1 heterocycles. The van der Waals surface area contributed by atoms with Crippen LogP contribution in [-0.4, -0.2) is 10.1 Å². The summed E-state index contributed by atoms with van der Waals surface area (Å²) in [5.41, 5.74) is 3.25. The molecule has 0 spiro atoms. The smallest absolute Gasteiger partial charge is 0.0993 e. The van der Waals surface area contributed by atoms with Crippen molar-refractivity contribution in [3.05, 3.63) is 65.5 Å². The number of aliphatic hydroxyl groups excluding tert-OH is 1. The molecule has 0 aliphatic heterocycles. The minimum atomic E-state index is -0.434. The predicted molar refractivity (Wildman–Crippen MR) is 71.2 cm³/mol. The van der Waals surface area contributed by atoms with E-state index in [0.29, 0.717) is 11.8 Å². The van der Waals surface area contributed by atoms with Gasteiger partial charge in [-0.05, 0) is 42.4 Å². The minimum Gasteiger partial charge on any atom is -0.386 e. The number of nitrogens with zero attached hydrogens (tertiary/aromatic N) is 1. The van der Waals surface area contributed by atoms with Gasteiger partial charge in [0.1, 0.15) is 0 Å². The quantitative estimate of drug-likeness (QED) is 0.892. The lowest BCUT2D eigenvalue weighted by Gasteiger charge is -2.10. The van der Waals surface area contributed by atoms with E-state index in [1.54, 1.807) is 0 Å². The van der Waals surface area contributed by atoms with Crippen molar-refractivity contribution in [3.63, 3.8) is 0 Å². The average Bonchev–Trinajstić information content (AvgIpc) is 3.20. The number of hydrogen-bond donors (Lipinski definition) is 1. The van der Waals surface area contributed by atoms with Crippen molar-refractivity contribution in [2.24, 2.45) is 5.92 Å². The Morgan fingerprint density at radius 3 is 2.61 bits per heavy atom. The Morgan fingerprint density at radius 2 is 1.94 bits per heavy atom. The van der Waals surface area contributed by atoms with Crippen LogP contribution in [0, 0.1) is 12.8 Å². The van der Waals surface area contributed by atoms with E-state index in [2.05, 4.69) is 29.2 Å². The first kappa shape index (κ1) is 11.4. The van der Waals surface area contributed by atoms with Crippen molar-refractivity contribution < 1.29 is 5.11 Å². The molecule has 1 aliphatic rings. The summed E-state index contributed by atoms with van der Waals surface area (Å²) < 4.78 is 0. The molecule has 0 radical (unpaired) electrons.